The van der Waals surface area contributed by atoms with Crippen molar-refractivity contribution in [3.8, 4) is 0 Å². The molecule has 17 heavy (non-hydrogen) atoms. The van der Waals surface area contributed by atoms with E-state index < -0.39 is 5.97 Å². The topological polar surface area (TPSA) is 57.6 Å². The van der Waals surface area contributed by atoms with Crippen molar-refractivity contribution in [1.29, 1.82) is 0 Å². The largest absolute Gasteiger partial charge is 0.481 e. The molecule has 0 fully saturated rings. The van der Waals surface area contributed by atoms with Crippen LogP contribution in [0.4, 0.5) is 0 Å². The zero-order chi connectivity index (χ0) is 13.0. The summed E-state index contributed by atoms with van der Waals surface area (Å²) in [4.78, 5) is 23.6. The van der Waals surface area contributed by atoms with Gasteiger partial charge in [0.15, 0.2) is 0 Å². The number of amides is 1. The van der Waals surface area contributed by atoms with E-state index in [0.717, 1.165) is 0 Å². The SMILES string of the molecule is CN(CCC(=O)O)C(=O)c1cc(Cl)ccc1Cl. The number of nitrogens with zero attached hydrogens (tertiary/aromatic N) is 1. The smallest absolute Gasteiger partial charge is 0.305 e. The molecule has 0 atom stereocenters. The van der Waals surface area contributed by atoms with Gasteiger partial charge in [0.2, 0.25) is 0 Å². The predicted molar refractivity (Wildman–Crippen MR) is 65.7 cm³/mol. The minimum atomic E-state index is -0.957. The Hall–Kier alpha value is -1.26. The Balaban J connectivity index is 2.81. The first-order valence-electron chi connectivity index (χ1n) is 4.84. The number of carbonyl (C=O) groups excluding carboxylic acids is 1. The molecular weight excluding hydrogens is 265 g/mol. The Bertz CT molecular complexity index is 448. The molecule has 92 valence electrons. The second kappa shape index (κ2) is 5.89. The number of carboxylic acid groups (broad SMARTS) is 1. The lowest BCUT2D eigenvalue weighted by molar-refractivity contribution is -0.137. The summed E-state index contributed by atoms with van der Waals surface area (Å²) in [5, 5.41) is 9.23. The predicted octanol–water partition coefficient (Wildman–Crippen LogP) is 2.54. The van der Waals surface area contributed by atoms with Crippen molar-refractivity contribution >= 4 is 35.1 Å². The minimum absolute atomic E-state index is 0.111. The van der Waals surface area contributed by atoms with Gasteiger partial charge >= 0.3 is 5.97 Å². The first-order valence-corrected chi connectivity index (χ1v) is 5.59. The van der Waals surface area contributed by atoms with Crippen LogP contribution in [-0.2, 0) is 4.79 Å². The molecule has 1 aromatic carbocycles. The lowest BCUT2D eigenvalue weighted by Gasteiger charge is -2.16. The zero-order valence-electron chi connectivity index (χ0n) is 9.11. The summed E-state index contributed by atoms with van der Waals surface area (Å²) >= 11 is 11.6. The molecular formula is C11H11Cl2NO3. The summed E-state index contributed by atoms with van der Waals surface area (Å²) in [5.41, 5.74) is 0.270. The number of rotatable bonds is 4. The number of carboxylic acids is 1. The molecule has 0 aliphatic heterocycles. The van der Waals surface area contributed by atoms with E-state index in [4.69, 9.17) is 28.3 Å². The Labute approximate surface area is 109 Å². The van der Waals surface area contributed by atoms with E-state index in [2.05, 4.69) is 0 Å². The van der Waals surface area contributed by atoms with Crippen LogP contribution in [0.15, 0.2) is 18.2 Å². The van der Waals surface area contributed by atoms with Gasteiger partial charge in [0.1, 0.15) is 0 Å². The van der Waals surface area contributed by atoms with Crippen LogP contribution in [0.2, 0.25) is 10.0 Å². The van der Waals surface area contributed by atoms with Crippen LogP contribution < -0.4 is 0 Å². The lowest BCUT2D eigenvalue weighted by atomic mass is 10.2. The van der Waals surface area contributed by atoms with Crippen LogP contribution in [0, 0.1) is 0 Å². The molecule has 4 nitrogen and oxygen atoms in total. The average Bonchev–Trinajstić information content (AvgIpc) is 2.28. The molecule has 0 aromatic heterocycles. The molecule has 0 spiro atoms. The van der Waals surface area contributed by atoms with E-state index in [9.17, 15) is 9.59 Å². The fourth-order valence-corrected chi connectivity index (χ4v) is 1.60. The number of aliphatic carboxylic acids is 1. The van der Waals surface area contributed by atoms with Gasteiger partial charge in [0, 0.05) is 18.6 Å². The molecule has 1 rings (SSSR count). The number of carbonyl (C=O) groups is 2. The molecule has 0 heterocycles. The Morgan fingerprint density at radius 1 is 1.35 bits per heavy atom. The maximum absolute atomic E-state index is 11.9. The Morgan fingerprint density at radius 2 is 2.00 bits per heavy atom. The molecule has 0 saturated carbocycles. The fourth-order valence-electron chi connectivity index (χ4n) is 1.23. The van der Waals surface area contributed by atoms with Crippen LogP contribution in [0.1, 0.15) is 16.8 Å². The first kappa shape index (κ1) is 13.8. The van der Waals surface area contributed by atoms with E-state index in [1.807, 2.05) is 0 Å². The van der Waals surface area contributed by atoms with Gasteiger partial charge < -0.3 is 10.0 Å². The molecule has 0 aliphatic carbocycles. The van der Waals surface area contributed by atoms with Crippen molar-refractivity contribution < 1.29 is 14.7 Å². The number of hydrogen-bond acceptors (Lipinski definition) is 2. The molecule has 0 saturated heterocycles. The molecule has 0 unspecified atom stereocenters. The summed E-state index contributed by atoms with van der Waals surface area (Å²) < 4.78 is 0. The van der Waals surface area contributed by atoms with Gasteiger partial charge in [-0.3, -0.25) is 9.59 Å². The summed E-state index contributed by atoms with van der Waals surface area (Å²) in [6.45, 7) is 0.122. The van der Waals surface area contributed by atoms with Crippen LogP contribution in [-0.4, -0.2) is 35.5 Å². The maximum atomic E-state index is 11.9. The standard InChI is InChI=1S/C11H11Cl2NO3/c1-14(5-4-10(15)16)11(17)8-6-7(12)2-3-9(8)13/h2-3,6H,4-5H2,1H3,(H,15,16). The Morgan fingerprint density at radius 3 is 2.59 bits per heavy atom. The third kappa shape index (κ3) is 3.91. The average molecular weight is 276 g/mol. The van der Waals surface area contributed by atoms with Gasteiger partial charge in [-0.25, -0.2) is 0 Å². The van der Waals surface area contributed by atoms with E-state index in [1.54, 1.807) is 6.07 Å². The van der Waals surface area contributed by atoms with Gasteiger partial charge in [0.05, 0.1) is 17.0 Å². The van der Waals surface area contributed by atoms with Crippen molar-refractivity contribution in [1.82, 2.24) is 4.90 Å². The van der Waals surface area contributed by atoms with E-state index in [0.29, 0.717) is 10.0 Å². The van der Waals surface area contributed by atoms with Gasteiger partial charge in [0.25, 0.3) is 5.91 Å². The second-order valence-electron chi connectivity index (χ2n) is 3.49. The highest BCUT2D eigenvalue weighted by atomic mass is 35.5. The van der Waals surface area contributed by atoms with Gasteiger partial charge in [-0.05, 0) is 18.2 Å². The third-order valence-electron chi connectivity index (χ3n) is 2.17. The third-order valence-corrected chi connectivity index (χ3v) is 2.73. The molecule has 0 radical (unpaired) electrons. The summed E-state index contributed by atoms with van der Waals surface area (Å²) in [7, 11) is 1.52. The van der Waals surface area contributed by atoms with E-state index in [1.165, 1.54) is 24.1 Å². The molecule has 0 bridgehead atoms. The minimum Gasteiger partial charge on any atom is -0.481 e. The van der Waals surface area contributed by atoms with Gasteiger partial charge in [-0.15, -0.1) is 0 Å². The maximum Gasteiger partial charge on any atom is 0.305 e. The normalized spacial score (nSPS) is 10.1. The van der Waals surface area contributed by atoms with Crippen molar-refractivity contribution in [2.75, 3.05) is 13.6 Å². The van der Waals surface area contributed by atoms with Crippen molar-refractivity contribution in [3.05, 3.63) is 33.8 Å². The highest BCUT2D eigenvalue weighted by molar-refractivity contribution is 6.35. The van der Waals surface area contributed by atoms with Crippen LogP contribution in [0.25, 0.3) is 0 Å². The lowest BCUT2D eigenvalue weighted by Crippen LogP contribution is -2.29. The van der Waals surface area contributed by atoms with Gasteiger partial charge in [-0.1, -0.05) is 23.2 Å². The summed E-state index contributed by atoms with van der Waals surface area (Å²) in [5.74, 6) is -1.31. The fraction of sp³-hybridized carbons (Fsp3) is 0.273. The van der Waals surface area contributed by atoms with E-state index >= 15 is 0 Å². The van der Waals surface area contributed by atoms with Crippen molar-refractivity contribution in [2.45, 2.75) is 6.42 Å². The summed E-state index contributed by atoms with van der Waals surface area (Å²) in [6.07, 6.45) is -0.111. The molecule has 1 aromatic rings. The van der Waals surface area contributed by atoms with Gasteiger partial charge in [-0.2, -0.15) is 0 Å². The highest BCUT2D eigenvalue weighted by Gasteiger charge is 2.16. The molecule has 6 heteroatoms. The van der Waals surface area contributed by atoms with Crippen LogP contribution in [0.5, 0.6) is 0 Å². The van der Waals surface area contributed by atoms with E-state index in [-0.39, 0.29) is 24.4 Å². The van der Waals surface area contributed by atoms with Crippen molar-refractivity contribution in [3.63, 3.8) is 0 Å². The van der Waals surface area contributed by atoms with Crippen LogP contribution >= 0.6 is 23.2 Å². The van der Waals surface area contributed by atoms with Crippen molar-refractivity contribution in [2.24, 2.45) is 0 Å². The second-order valence-corrected chi connectivity index (χ2v) is 4.34. The molecule has 0 aliphatic rings. The molecule has 1 N–H and O–H groups in total. The highest BCUT2D eigenvalue weighted by Crippen LogP contribution is 2.21. The molecule has 1 amide bonds. The Kier molecular flexibility index (Phi) is 4.78. The summed E-state index contributed by atoms with van der Waals surface area (Å²) in [6, 6.07) is 4.57. The van der Waals surface area contributed by atoms with Crippen LogP contribution in [0.3, 0.4) is 0 Å². The number of hydrogen-bond donors (Lipinski definition) is 1. The number of benzene rings is 1. The first-order chi connectivity index (χ1) is 7.91. The number of halogens is 2. The monoisotopic (exact) mass is 275 g/mol. The zero-order valence-corrected chi connectivity index (χ0v) is 10.6. The quantitative estimate of drug-likeness (QED) is 0.919.